The van der Waals surface area contributed by atoms with Gasteiger partial charge in [0.2, 0.25) is 0 Å². The number of likely N-dealkylation sites (tertiary alicyclic amines) is 1. The van der Waals surface area contributed by atoms with Gasteiger partial charge in [-0.2, -0.15) is 0 Å². The molecule has 1 fully saturated rings. The predicted molar refractivity (Wildman–Crippen MR) is 88.0 cm³/mol. The van der Waals surface area contributed by atoms with E-state index < -0.39 is 4.92 Å². The number of ether oxygens (including phenoxy) is 1. The van der Waals surface area contributed by atoms with E-state index in [0.717, 1.165) is 24.2 Å². The summed E-state index contributed by atoms with van der Waals surface area (Å²) in [6.45, 7) is 3.03. The molecule has 1 aromatic carbocycles. The number of nitrogens with zero attached hydrogens (tertiary/aromatic N) is 4. The summed E-state index contributed by atoms with van der Waals surface area (Å²) in [5.74, 6) is 0.0357. The molecular formula is C17H18N4O4. The Labute approximate surface area is 144 Å². The van der Waals surface area contributed by atoms with E-state index in [4.69, 9.17) is 4.74 Å². The average Bonchev–Trinajstić information content (AvgIpc) is 2.98. The van der Waals surface area contributed by atoms with E-state index in [0.29, 0.717) is 31.9 Å². The number of aromatic hydroxyl groups is 1. The quantitative estimate of drug-likeness (QED) is 0.670. The second kappa shape index (κ2) is 6.05. The molecule has 1 N–H and O–H groups in total. The number of hydrogen-bond acceptors (Lipinski definition) is 7. The molecule has 0 radical (unpaired) electrons. The van der Waals surface area contributed by atoms with Gasteiger partial charge in [-0.05, 0) is 25.1 Å². The van der Waals surface area contributed by atoms with Crippen LogP contribution in [0, 0.1) is 10.1 Å². The highest BCUT2D eigenvalue weighted by Gasteiger charge is 2.44. The smallest absolute Gasteiger partial charge is 0.274 e. The highest BCUT2D eigenvalue weighted by molar-refractivity contribution is 5.45. The van der Waals surface area contributed by atoms with Gasteiger partial charge < -0.3 is 9.84 Å². The molecule has 8 nitrogen and oxygen atoms in total. The van der Waals surface area contributed by atoms with Crippen LogP contribution in [0.2, 0.25) is 0 Å². The maximum Gasteiger partial charge on any atom is 0.274 e. The number of hydrogen-bond donors (Lipinski definition) is 1. The van der Waals surface area contributed by atoms with Crippen molar-refractivity contribution in [1.29, 1.82) is 0 Å². The lowest BCUT2D eigenvalue weighted by Gasteiger charge is -2.34. The standard InChI is InChI=1S/C17H18N4O4/c22-14-1-2-15(21(23)24)12(5-14)7-20-4-3-17(9-20)10-25-8-13-6-18-11-19-16(13)17/h1-2,5-6,11,22H,3-4,7-10H2/t17-/m1/s1. The van der Waals surface area contributed by atoms with Gasteiger partial charge in [-0.15, -0.1) is 0 Å². The minimum Gasteiger partial charge on any atom is -0.508 e. The van der Waals surface area contributed by atoms with E-state index in [1.54, 1.807) is 12.5 Å². The molecule has 1 atom stereocenters. The Balaban J connectivity index is 1.59. The summed E-state index contributed by atoms with van der Waals surface area (Å²) in [7, 11) is 0. The summed E-state index contributed by atoms with van der Waals surface area (Å²) in [6.07, 6.45) is 4.24. The first-order chi connectivity index (χ1) is 12.1. The first-order valence-electron chi connectivity index (χ1n) is 8.13. The number of nitro groups is 1. The molecule has 0 unspecified atom stereocenters. The molecule has 4 rings (SSSR count). The molecule has 25 heavy (non-hydrogen) atoms. The number of phenols is 1. The van der Waals surface area contributed by atoms with Crippen LogP contribution in [0.5, 0.6) is 5.75 Å². The molecule has 0 saturated carbocycles. The Morgan fingerprint density at radius 3 is 3.16 bits per heavy atom. The van der Waals surface area contributed by atoms with Gasteiger partial charge in [-0.3, -0.25) is 15.0 Å². The van der Waals surface area contributed by atoms with Crippen molar-refractivity contribution in [2.45, 2.75) is 25.0 Å². The summed E-state index contributed by atoms with van der Waals surface area (Å²) in [5, 5.41) is 20.9. The van der Waals surface area contributed by atoms with Crippen LogP contribution in [0.25, 0.3) is 0 Å². The van der Waals surface area contributed by atoms with E-state index in [1.165, 1.54) is 18.2 Å². The zero-order chi connectivity index (χ0) is 17.4. The van der Waals surface area contributed by atoms with Crippen LogP contribution in [0.4, 0.5) is 5.69 Å². The number of aromatic nitrogens is 2. The minimum absolute atomic E-state index is 0.0290. The number of rotatable bonds is 3. The fourth-order valence-electron chi connectivity index (χ4n) is 3.89. The molecule has 1 saturated heterocycles. The Kier molecular flexibility index (Phi) is 3.85. The molecule has 1 spiro atoms. The maximum atomic E-state index is 11.2. The molecule has 2 aromatic rings. The number of phenolic OH excluding ortho intramolecular Hbond substituents is 1. The second-order valence-electron chi connectivity index (χ2n) is 6.70. The SMILES string of the molecule is O=[N+]([O-])c1ccc(O)cc1CN1CC[C@]2(COCc3cncnc32)C1. The van der Waals surface area contributed by atoms with Gasteiger partial charge in [0.25, 0.3) is 5.69 Å². The molecule has 3 heterocycles. The molecule has 0 amide bonds. The van der Waals surface area contributed by atoms with Gasteiger partial charge in [0.15, 0.2) is 0 Å². The van der Waals surface area contributed by atoms with Crippen molar-refractivity contribution in [3.63, 3.8) is 0 Å². The van der Waals surface area contributed by atoms with Crippen molar-refractivity contribution in [1.82, 2.24) is 14.9 Å². The third-order valence-electron chi connectivity index (χ3n) is 5.01. The Morgan fingerprint density at radius 2 is 2.32 bits per heavy atom. The van der Waals surface area contributed by atoms with Crippen LogP contribution in [0.3, 0.4) is 0 Å². The van der Waals surface area contributed by atoms with Gasteiger partial charge in [0.05, 0.1) is 29.2 Å². The maximum absolute atomic E-state index is 11.2. The number of fused-ring (bicyclic) bond motifs is 2. The summed E-state index contributed by atoms with van der Waals surface area (Å²) in [4.78, 5) is 21.5. The second-order valence-corrected chi connectivity index (χ2v) is 6.70. The molecule has 130 valence electrons. The van der Waals surface area contributed by atoms with Gasteiger partial charge in [-0.25, -0.2) is 9.97 Å². The van der Waals surface area contributed by atoms with Crippen LogP contribution in [0.1, 0.15) is 23.2 Å². The molecule has 2 aliphatic rings. The third kappa shape index (κ3) is 2.83. The lowest BCUT2D eigenvalue weighted by atomic mass is 9.81. The van der Waals surface area contributed by atoms with Crippen LogP contribution in [-0.2, 0) is 23.3 Å². The van der Waals surface area contributed by atoms with Crippen molar-refractivity contribution in [3.05, 3.63) is 57.7 Å². The normalized spacial score (nSPS) is 22.9. The molecular weight excluding hydrogens is 324 g/mol. The Morgan fingerprint density at radius 1 is 1.44 bits per heavy atom. The first-order valence-corrected chi connectivity index (χ1v) is 8.13. The van der Waals surface area contributed by atoms with Gasteiger partial charge >= 0.3 is 0 Å². The van der Waals surface area contributed by atoms with Gasteiger partial charge in [-0.1, -0.05) is 0 Å². The van der Waals surface area contributed by atoms with E-state index in [1.807, 2.05) is 0 Å². The van der Waals surface area contributed by atoms with Crippen LogP contribution in [0.15, 0.2) is 30.7 Å². The molecule has 0 aliphatic carbocycles. The first kappa shape index (κ1) is 15.9. The zero-order valence-electron chi connectivity index (χ0n) is 13.6. The summed E-state index contributed by atoms with van der Waals surface area (Å²) >= 11 is 0. The van der Waals surface area contributed by atoms with Crippen molar-refractivity contribution >= 4 is 5.69 Å². The molecule has 0 bridgehead atoms. The Bertz CT molecular complexity index is 828. The van der Waals surface area contributed by atoms with Crippen molar-refractivity contribution < 1.29 is 14.8 Å². The lowest BCUT2D eigenvalue weighted by Crippen LogP contribution is -2.40. The summed E-state index contributed by atoms with van der Waals surface area (Å²) in [5.41, 5.74) is 2.39. The molecule has 8 heteroatoms. The fourth-order valence-corrected chi connectivity index (χ4v) is 3.89. The van der Waals surface area contributed by atoms with Crippen molar-refractivity contribution in [2.24, 2.45) is 0 Å². The molecule has 1 aromatic heterocycles. The van der Waals surface area contributed by atoms with Crippen LogP contribution < -0.4 is 0 Å². The number of benzene rings is 1. The predicted octanol–water partition coefficient (Wildman–Crippen LogP) is 1.76. The topological polar surface area (TPSA) is 102 Å². The highest BCUT2D eigenvalue weighted by Crippen LogP contribution is 2.39. The molecule has 2 aliphatic heterocycles. The average molecular weight is 342 g/mol. The van der Waals surface area contributed by atoms with Crippen LogP contribution in [-0.4, -0.2) is 44.6 Å². The van der Waals surface area contributed by atoms with E-state index in [9.17, 15) is 15.2 Å². The monoisotopic (exact) mass is 342 g/mol. The summed E-state index contributed by atoms with van der Waals surface area (Å²) in [6, 6.07) is 4.16. The Hall–Kier alpha value is -2.58. The van der Waals surface area contributed by atoms with E-state index in [-0.39, 0.29) is 16.9 Å². The fraction of sp³-hybridized carbons (Fsp3) is 0.412. The lowest BCUT2D eigenvalue weighted by molar-refractivity contribution is -0.385. The number of nitro benzene ring substituents is 1. The zero-order valence-corrected chi connectivity index (χ0v) is 13.6. The van der Waals surface area contributed by atoms with E-state index in [2.05, 4.69) is 14.9 Å². The minimum atomic E-state index is -0.410. The largest absolute Gasteiger partial charge is 0.508 e. The van der Waals surface area contributed by atoms with Gasteiger partial charge in [0, 0.05) is 36.5 Å². The highest BCUT2D eigenvalue weighted by atomic mass is 16.6. The van der Waals surface area contributed by atoms with Crippen molar-refractivity contribution in [3.8, 4) is 5.75 Å². The van der Waals surface area contributed by atoms with Crippen molar-refractivity contribution in [2.75, 3.05) is 19.7 Å². The third-order valence-corrected chi connectivity index (χ3v) is 5.01. The van der Waals surface area contributed by atoms with Crippen LogP contribution >= 0.6 is 0 Å². The van der Waals surface area contributed by atoms with Gasteiger partial charge in [0.1, 0.15) is 12.1 Å². The summed E-state index contributed by atoms with van der Waals surface area (Å²) < 4.78 is 5.76. The van der Waals surface area contributed by atoms with E-state index >= 15 is 0 Å².